The highest BCUT2D eigenvalue weighted by atomic mass is 32.2. The van der Waals surface area contributed by atoms with Crippen LogP contribution in [0.25, 0.3) is 0 Å². The van der Waals surface area contributed by atoms with Gasteiger partial charge < -0.3 is 8.85 Å². The first kappa shape index (κ1) is 9.25. The van der Waals surface area contributed by atoms with E-state index in [1.54, 1.807) is 18.9 Å². The second kappa shape index (κ2) is 4.92. The van der Waals surface area contributed by atoms with Gasteiger partial charge in [0.15, 0.2) is 0 Å². The molecule has 0 amide bonds. The standard InChI is InChI=1S/C6H13NO2SSi/c1-3-9-11(8-2)6-7-4-5-10-6/h11H,3-5H2,1-2H3. The third kappa shape index (κ3) is 2.59. The van der Waals surface area contributed by atoms with Gasteiger partial charge in [-0.3, -0.25) is 4.99 Å². The van der Waals surface area contributed by atoms with Gasteiger partial charge in [-0.25, -0.2) is 0 Å². The summed E-state index contributed by atoms with van der Waals surface area (Å²) in [5.41, 5.74) is 0. The van der Waals surface area contributed by atoms with Gasteiger partial charge in [0.2, 0.25) is 0 Å². The van der Waals surface area contributed by atoms with Gasteiger partial charge in [0.25, 0.3) is 0 Å². The maximum atomic E-state index is 5.44. The molecule has 0 radical (unpaired) electrons. The van der Waals surface area contributed by atoms with Gasteiger partial charge in [-0.2, -0.15) is 0 Å². The molecular formula is C6H13NO2SSi. The van der Waals surface area contributed by atoms with E-state index in [9.17, 15) is 0 Å². The second-order valence-corrected chi connectivity index (χ2v) is 5.64. The van der Waals surface area contributed by atoms with Gasteiger partial charge in [-0.1, -0.05) is 0 Å². The Hall–Kier alpha value is 0.157. The van der Waals surface area contributed by atoms with Gasteiger partial charge in [0.05, 0.1) is 0 Å². The summed E-state index contributed by atoms with van der Waals surface area (Å²) in [5, 5.41) is 0. The molecule has 0 aromatic carbocycles. The maximum Gasteiger partial charge on any atom is 0.380 e. The molecule has 1 aliphatic heterocycles. The molecule has 1 atom stereocenters. The van der Waals surface area contributed by atoms with E-state index in [4.69, 9.17) is 8.85 Å². The van der Waals surface area contributed by atoms with Crippen molar-refractivity contribution in [2.24, 2.45) is 4.99 Å². The number of aliphatic imine (C=N–C) groups is 1. The Labute approximate surface area is 73.0 Å². The van der Waals surface area contributed by atoms with E-state index in [0.717, 1.165) is 23.6 Å². The molecule has 1 aliphatic rings. The fraction of sp³-hybridized carbons (Fsp3) is 0.833. The van der Waals surface area contributed by atoms with Crippen molar-refractivity contribution in [3.8, 4) is 0 Å². The summed E-state index contributed by atoms with van der Waals surface area (Å²) in [6, 6.07) is 0. The average molecular weight is 191 g/mol. The number of nitrogens with zero attached hydrogens (tertiary/aromatic N) is 1. The molecule has 0 saturated carbocycles. The molecule has 64 valence electrons. The number of thioether (sulfide) groups is 1. The summed E-state index contributed by atoms with van der Waals surface area (Å²) in [6.07, 6.45) is 0. The summed E-state index contributed by atoms with van der Waals surface area (Å²) >= 11 is 1.78. The maximum absolute atomic E-state index is 5.44. The van der Waals surface area contributed by atoms with Crippen LogP contribution in [0.4, 0.5) is 0 Å². The Balaban J connectivity index is 2.40. The van der Waals surface area contributed by atoms with Crippen molar-refractivity contribution in [1.29, 1.82) is 0 Å². The minimum absolute atomic E-state index is 0.726. The minimum Gasteiger partial charge on any atom is -0.396 e. The molecule has 0 N–H and O–H groups in total. The van der Waals surface area contributed by atoms with E-state index < -0.39 is 9.28 Å². The van der Waals surface area contributed by atoms with Crippen molar-refractivity contribution in [1.82, 2.24) is 0 Å². The van der Waals surface area contributed by atoms with E-state index in [1.165, 1.54) is 0 Å². The van der Waals surface area contributed by atoms with Crippen LogP contribution in [0.2, 0.25) is 0 Å². The Morgan fingerprint density at radius 2 is 2.55 bits per heavy atom. The molecule has 0 aromatic rings. The molecular weight excluding hydrogens is 178 g/mol. The van der Waals surface area contributed by atoms with Crippen molar-refractivity contribution >= 4 is 25.7 Å². The third-order valence-electron chi connectivity index (χ3n) is 1.34. The van der Waals surface area contributed by atoms with Gasteiger partial charge >= 0.3 is 9.28 Å². The molecule has 1 unspecified atom stereocenters. The van der Waals surface area contributed by atoms with Crippen molar-refractivity contribution in [3.05, 3.63) is 0 Å². The van der Waals surface area contributed by atoms with E-state index in [-0.39, 0.29) is 0 Å². The van der Waals surface area contributed by atoms with Crippen LogP contribution in [0.1, 0.15) is 6.92 Å². The fourth-order valence-corrected chi connectivity index (χ4v) is 3.91. The van der Waals surface area contributed by atoms with Crippen molar-refractivity contribution in [3.63, 3.8) is 0 Å². The molecule has 0 bridgehead atoms. The SMILES string of the molecule is CCO[SiH](OC)C1=NCCS1. The van der Waals surface area contributed by atoms with E-state index in [1.807, 2.05) is 6.92 Å². The predicted molar refractivity (Wildman–Crippen MR) is 50.5 cm³/mol. The van der Waals surface area contributed by atoms with E-state index in [2.05, 4.69) is 4.99 Å². The molecule has 0 saturated heterocycles. The smallest absolute Gasteiger partial charge is 0.380 e. The first-order chi connectivity index (χ1) is 5.38. The molecule has 3 nitrogen and oxygen atoms in total. The lowest BCUT2D eigenvalue weighted by Gasteiger charge is -2.11. The van der Waals surface area contributed by atoms with Gasteiger partial charge in [0, 0.05) is 26.0 Å². The molecule has 0 spiro atoms. The normalized spacial score (nSPS) is 20.0. The highest BCUT2D eigenvalue weighted by Gasteiger charge is 2.22. The topological polar surface area (TPSA) is 30.8 Å². The Morgan fingerprint density at radius 3 is 3.00 bits per heavy atom. The quantitative estimate of drug-likeness (QED) is 0.609. The van der Waals surface area contributed by atoms with Crippen LogP contribution in [0, 0.1) is 0 Å². The predicted octanol–water partition coefficient (Wildman–Crippen LogP) is 0.574. The largest absolute Gasteiger partial charge is 0.396 e. The van der Waals surface area contributed by atoms with Crippen molar-refractivity contribution in [2.45, 2.75) is 6.92 Å². The third-order valence-corrected chi connectivity index (χ3v) is 4.88. The molecule has 5 heteroatoms. The molecule has 0 aliphatic carbocycles. The highest BCUT2D eigenvalue weighted by molar-refractivity contribution is 8.17. The monoisotopic (exact) mass is 191 g/mol. The number of hydrogen-bond donors (Lipinski definition) is 0. The summed E-state index contributed by atoms with van der Waals surface area (Å²) in [5.74, 6) is 1.09. The lowest BCUT2D eigenvalue weighted by atomic mass is 10.8. The van der Waals surface area contributed by atoms with Gasteiger partial charge in [-0.05, 0) is 6.92 Å². The van der Waals surface area contributed by atoms with Crippen LogP contribution >= 0.6 is 11.8 Å². The summed E-state index contributed by atoms with van der Waals surface area (Å²) in [7, 11) is 0.150. The summed E-state index contributed by atoms with van der Waals surface area (Å²) in [4.78, 5) is 4.32. The van der Waals surface area contributed by atoms with Crippen LogP contribution in [-0.4, -0.2) is 40.0 Å². The van der Waals surface area contributed by atoms with Crippen LogP contribution in [0.3, 0.4) is 0 Å². The number of hydrogen-bond acceptors (Lipinski definition) is 4. The lowest BCUT2D eigenvalue weighted by molar-refractivity contribution is 0.257. The second-order valence-electron chi connectivity index (χ2n) is 2.09. The minimum atomic E-state index is -1.55. The molecule has 11 heavy (non-hydrogen) atoms. The van der Waals surface area contributed by atoms with Gasteiger partial charge in [-0.15, -0.1) is 11.8 Å². The lowest BCUT2D eigenvalue weighted by Crippen LogP contribution is -2.29. The summed E-state index contributed by atoms with van der Waals surface area (Å²) in [6.45, 7) is 3.64. The Morgan fingerprint density at radius 1 is 1.73 bits per heavy atom. The summed E-state index contributed by atoms with van der Waals surface area (Å²) < 4.78 is 11.8. The molecule has 1 heterocycles. The molecule has 0 aromatic heterocycles. The van der Waals surface area contributed by atoms with E-state index in [0.29, 0.717) is 0 Å². The molecule has 0 fully saturated rings. The van der Waals surface area contributed by atoms with Crippen molar-refractivity contribution in [2.75, 3.05) is 26.0 Å². The van der Waals surface area contributed by atoms with Crippen LogP contribution in [0.5, 0.6) is 0 Å². The average Bonchev–Trinajstić information content (AvgIpc) is 2.52. The van der Waals surface area contributed by atoms with Gasteiger partial charge in [0.1, 0.15) is 4.67 Å². The Bertz CT molecular complexity index is 154. The highest BCUT2D eigenvalue weighted by Crippen LogP contribution is 2.14. The zero-order chi connectivity index (χ0) is 8.10. The fourth-order valence-electron chi connectivity index (χ4n) is 0.886. The Kier molecular flexibility index (Phi) is 4.14. The zero-order valence-electron chi connectivity index (χ0n) is 6.87. The van der Waals surface area contributed by atoms with Crippen LogP contribution in [0.15, 0.2) is 4.99 Å². The first-order valence-electron chi connectivity index (χ1n) is 3.70. The molecule has 1 rings (SSSR count). The van der Waals surface area contributed by atoms with Crippen LogP contribution < -0.4 is 0 Å². The number of rotatable bonds is 4. The van der Waals surface area contributed by atoms with Crippen molar-refractivity contribution < 1.29 is 8.85 Å². The van der Waals surface area contributed by atoms with Crippen LogP contribution in [-0.2, 0) is 8.85 Å². The first-order valence-corrected chi connectivity index (χ1v) is 6.20. The van der Waals surface area contributed by atoms with E-state index >= 15 is 0 Å². The zero-order valence-corrected chi connectivity index (χ0v) is 8.84.